The van der Waals surface area contributed by atoms with E-state index in [1.165, 1.54) is 4.80 Å². The molecule has 1 atom stereocenters. The summed E-state index contributed by atoms with van der Waals surface area (Å²) in [5.41, 5.74) is 3.88. The van der Waals surface area contributed by atoms with Gasteiger partial charge in [-0.2, -0.15) is 4.80 Å². The molecule has 0 aliphatic heterocycles. The van der Waals surface area contributed by atoms with Gasteiger partial charge in [0.05, 0.1) is 13.2 Å². The van der Waals surface area contributed by atoms with Gasteiger partial charge in [0.1, 0.15) is 12.3 Å². The van der Waals surface area contributed by atoms with Gasteiger partial charge < -0.3 is 10.1 Å². The molecule has 0 aliphatic carbocycles. The van der Waals surface area contributed by atoms with Gasteiger partial charge in [0, 0.05) is 5.56 Å². The number of aromatic nitrogens is 4. The zero-order chi connectivity index (χ0) is 21.6. The van der Waals surface area contributed by atoms with Crippen LogP contribution in [0, 0.1) is 6.92 Å². The number of hydrogen-bond acceptors (Lipinski definition) is 5. The van der Waals surface area contributed by atoms with E-state index < -0.39 is 0 Å². The standard InChI is InChI=1S/C24H23N5O2/c1-17-8-6-7-11-21(17)24-26-28-29(27-24)16-22(30)25-23(18-9-4-3-5-10-18)19-12-14-20(31-2)15-13-19/h3-15,23H,16H2,1-2H3,(H,25,30)/t23-/m0/s1. The van der Waals surface area contributed by atoms with Crippen LogP contribution < -0.4 is 10.1 Å². The molecule has 0 spiro atoms. The summed E-state index contributed by atoms with van der Waals surface area (Å²) < 4.78 is 5.25. The van der Waals surface area contributed by atoms with Crippen molar-refractivity contribution in [3.63, 3.8) is 0 Å². The summed E-state index contributed by atoms with van der Waals surface area (Å²) in [6.07, 6.45) is 0. The largest absolute Gasteiger partial charge is 0.497 e. The van der Waals surface area contributed by atoms with E-state index in [1.807, 2.05) is 85.8 Å². The van der Waals surface area contributed by atoms with Gasteiger partial charge >= 0.3 is 0 Å². The van der Waals surface area contributed by atoms with Crippen molar-refractivity contribution in [1.29, 1.82) is 0 Å². The minimum atomic E-state index is -0.307. The Hall–Kier alpha value is -4.00. The third kappa shape index (κ3) is 4.78. The molecule has 31 heavy (non-hydrogen) atoms. The van der Waals surface area contributed by atoms with Crippen LogP contribution in [0.5, 0.6) is 5.75 Å². The molecule has 1 amide bonds. The van der Waals surface area contributed by atoms with Gasteiger partial charge in [-0.15, -0.1) is 10.2 Å². The fraction of sp³-hybridized carbons (Fsp3) is 0.167. The van der Waals surface area contributed by atoms with E-state index in [0.717, 1.165) is 28.0 Å². The molecule has 1 heterocycles. The average molecular weight is 413 g/mol. The molecule has 4 aromatic rings. The van der Waals surface area contributed by atoms with Gasteiger partial charge in [-0.05, 0) is 41.0 Å². The smallest absolute Gasteiger partial charge is 0.244 e. The van der Waals surface area contributed by atoms with Crippen molar-refractivity contribution >= 4 is 5.91 Å². The first-order chi connectivity index (χ1) is 15.1. The number of carbonyl (C=O) groups is 1. The second-order valence-electron chi connectivity index (χ2n) is 7.14. The Bertz CT molecular complexity index is 1160. The highest BCUT2D eigenvalue weighted by molar-refractivity contribution is 5.76. The van der Waals surface area contributed by atoms with Crippen molar-refractivity contribution in [3.05, 3.63) is 95.6 Å². The molecular weight excluding hydrogens is 390 g/mol. The van der Waals surface area contributed by atoms with Crippen molar-refractivity contribution in [1.82, 2.24) is 25.5 Å². The van der Waals surface area contributed by atoms with Gasteiger partial charge in [-0.3, -0.25) is 4.79 Å². The Morgan fingerprint density at radius 3 is 2.35 bits per heavy atom. The average Bonchev–Trinajstić information content (AvgIpc) is 3.26. The molecule has 1 N–H and O–H groups in total. The Morgan fingerprint density at radius 1 is 0.968 bits per heavy atom. The van der Waals surface area contributed by atoms with E-state index >= 15 is 0 Å². The summed E-state index contributed by atoms with van der Waals surface area (Å²) in [7, 11) is 1.63. The maximum absolute atomic E-state index is 12.8. The molecule has 0 aliphatic rings. The fourth-order valence-electron chi connectivity index (χ4n) is 3.38. The number of rotatable bonds is 7. The summed E-state index contributed by atoms with van der Waals surface area (Å²) in [6, 6.07) is 25.0. The molecule has 3 aromatic carbocycles. The monoisotopic (exact) mass is 413 g/mol. The van der Waals surface area contributed by atoms with Gasteiger partial charge in [0.15, 0.2) is 0 Å². The number of tetrazole rings is 1. The predicted molar refractivity (Wildman–Crippen MR) is 117 cm³/mol. The molecule has 0 radical (unpaired) electrons. The third-order valence-corrected chi connectivity index (χ3v) is 5.01. The molecule has 156 valence electrons. The highest BCUT2D eigenvalue weighted by Crippen LogP contribution is 2.24. The van der Waals surface area contributed by atoms with Crippen LogP contribution in [0.15, 0.2) is 78.9 Å². The second kappa shape index (κ2) is 9.21. The summed E-state index contributed by atoms with van der Waals surface area (Å²) in [6.45, 7) is 1.96. The van der Waals surface area contributed by atoms with Crippen LogP contribution >= 0.6 is 0 Å². The Morgan fingerprint density at radius 2 is 1.65 bits per heavy atom. The highest BCUT2D eigenvalue weighted by atomic mass is 16.5. The normalized spacial score (nSPS) is 11.7. The van der Waals surface area contributed by atoms with Gasteiger partial charge in [-0.25, -0.2) is 0 Å². The highest BCUT2D eigenvalue weighted by Gasteiger charge is 2.18. The van der Waals surface area contributed by atoms with Crippen LogP contribution in [-0.4, -0.2) is 33.2 Å². The molecule has 0 fully saturated rings. The SMILES string of the molecule is COc1ccc([C@@H](NC(=O)Cn2nnc(-c3ccccc3C)n2)c2ccccc2)cc1. The second-order valence-corrected chi connectivity index (χ2v) is 7.14. The lowest BCUT2D eigenvalue weighted by molar-refractivity contribution is -0.122. The number of aryl methyl sites for hydroxylation is 1. The van der Waals surface area contributed by atoms with E-state index in [0.29, 0.717) is 5.82 Å². The van der Waals surface area contributed by atoms with Crippen LogP contribution in [-0.2, 0) is 11.3 Å². The Balaban J connectivity index is 1.52. The summed E-state index contributed by atoms with van der Waals surface area (Å²) >= 11 is 0. The minimum Gasteiger partial charge on any atom is -0.497 e. The lowest BCUT2D eigenvalue weighted by Gasteiger charge is -2.20. The number of hydrogen-bond donors (Lipinski definition) is 1. The minimum absolute atomic E-state index is 0.0294. The zero-order valence-corrected chi connectivity index (χ0v) is 17.4. The van der Waals surface area contributed by atoms with Gasteiger partial charge in [0.25, 0.3) is 0 Å². The first-order valence-corrected chi connectivity index (χ1v) is 9.96. The van der Waals surface area contributed by atoms with E-state index in [4.69, 9.17) is 4.74 Å². The topological polar surface area (TPSA) is 81.9 Å². The number of methoxy groups -OCH3 is 1. The molecule has 0 unspecified atom stereocenters. The number of amides is 1. The molecule has 7 heteroatoms. The maximum atomic E-state index is 12.8. The maximum Gasteiger partial charge on any atom is 0.244 e. The first kappa shape index (κ1) is 20.3. The Kier molecular flexibility index (Phi) is 6.03. The number of nitrogens with zero attached hydrogens (tertiary/aromatic N) is 4. The lowest BCUT2D eigenvalue weighted by atomic mass is 9.98. The lowest BCUT2D eigenvalue weighted by Crippen LogP contribution is -2.32. The van der Waals surface area contributed by atoms with Crippen LogP contribution in [0.2, 0.25) is 0 Å². The van der Waals surface area contributed by atoms with Crippen LogP contribution in [0.1, 0.15) is 22.7 Å². The van der Waals surface area contributed by atoms with Gasteiger partial charge in [0.2, 0.25) is 11.7 Å². The van der Waals surface area contributed by atoms with Crippen LogP contribution in [0.25, 0.3) is 11.4 Å². The number of benzene rings is 3. The van der Waals surface area contributed by atoms with Crippen molar-refractivity contribution in [2.45, 2.75) is 19.5 Å². The first-order valence-electron chi connectivity index (χ1n) is 9.96. The summed E-state index contributed by atoms with van der Waals surface area (Å²) in [4.78, 5) is 14.2. The number of nitrogens with one attached hydrogen (secondary N) is 1. The zero-order valence-electron chi connectivity index (χ0n) is 17.4. The van der Waals surface area contributed by atoms with E-state index in [-0.39, 0.29) is 18.5 Å². The fourth-order valence-corrected chi connectivity index (χ4v) is 3.38. The summed E-state index contributed by atoms with van der Waals surface area (Å²) in [5, 5.41) is 15.6. The van der Waals surface area contributed by atoms with Crippen molar-refractivity contribution < 1.29 is 9.53 Å². The quantitative estimate of drug-likeness (QED) is 0.501. The van der Waals surface area contributed by atoms with Crippen LogP contribution in [0.4, 0.5) is 0 Å². The van der Waals surface area contributed by atoms with Crippen molar-refractivity contribution in [2.75, 3.05) is 7.11 Å². The van der Waals surface area contributed by atoms with E-state index in [2.05, 4.69) is 20.7 Å². The molecular formula is C24H23N5O2. The molecule has 4 rings (SSSR count). The van der Waals surface area contributed by atoms with E-state index in [9.17, 15) is 4.79 Å². The Labute approximate surface area is 180 Å². The van der Waals surface area contributed by atoms with E-state index in [1.54, 1.807) is 7.11 Å². The number of carbonyl (C=O) groups excluding carboxylic acids is 1. The molecule has 0 saturated carbocycles. The summed E-state index contributed by atoms with van der Waals surface area (Å²) in [5.74, 6) is 1.05. The van der Waals surface area contributed by atoms with Gasteiger partial charge in [-0.1, -0.05) is 66.7 Å². The molecule has 0 saturated heterocycles. The number of ether oxygens (including phenoxy) is 1. The molecule has 7 nitrogen and oxygen atoms in total. The van der Waals surface area contributed by atoms with Crippen molar-refractivity contribution in [3.8, 4) is 17.1 Å². The van der Waals surface area contributed by atoms with Crippen LogP contribution in [0.3, 0.4) is 0 Å². The van der Waals surface area contributed by atoms with Crippen molar-refractivity contribution in [2.24, 2.45) is 0 Å². The third-order valence-electron chi connectivity index (χ3n) is 5.01. The predicted octanol–water partition coefficient (Wildman–Crippen LogP) is 3.56. The molecule has 0 bridgehead atoms. The molecule has 1 aromatic heterocycles.